The van der Waals surface area contributed by atoms with E-state index in [1.165, 1.54) is 18.2 Å². The molecule has 0 atom stereocenters. The predicted octanol–water partition coefficient (Wildman–Crippen LogP) is 1.66. The first-order valence-corrected chi connectivity index (χ1v) is 9.29. The van der Waals surface area contributed by atoms with E-state index in [1.54, 1.807) is 25.5 Å². The Morgan fingerprint density at radius 2 is 2.00 bits per heavy atom. The van der Waals surface area contributed by atoms with Crippen LogP contribution in [0, 0.1) is 23.0 Å². The molecular formula is C19H22N6O4. The molecule has 2 amide bonds. The average molecular weight is 398 g/mol. The van der Waals surface area contributed by atoms with Crippen LogP contribution in [0.3, 0.4) is 0 Å². The SMILES string of the molecule is Cc1cc([N+](=O)[O-])ccc1NC(=O)C(=O)NCC1CCN(c2cnccn2)CC1. The van der Waals surface area contributed by atoms with Gasteiger partial charge in [0.2, 0.25) is 0 Å². The number of aryl methyl sites for hydroxylation is 1. The lowest BCUT2D eigenvalue weighted by Gasteiger charge is -2.32. The van der Waals surface area contributed by atoms with Crippen LogP contribution >= 0.6 is 0 Å². The number of rotatable bonds is 5. The minimum Gasteiger partial charge on any atom is -0.355 e. The highest BCUT2D eigenvalue weighted by Crippen LogP contribution is 2.22. The van der Waals surface area contributed by atoms with Crippen LogP contribution < -0.4 is 15.5 Å². The summed E-state index contributed by atoms with van der Waals surface area (Å²) in [5.74, 6) is -0.397. The van der Waals surface area contributed by atoms with Gasteiger partial charge in [-0.15, -0.1) is 0 Å². The van der Waals surface area contributed by atoms with Crippen LogP contribution in [-0.2, 0) is 9.59 Å². The van der Waals surface area contributed by atoms with E-state index >= 15 is 0 Å². The van der Waals surface area contributed by atoms with Gasteiger partial charge in [0.25, 0.3) is 5.69 Å². The van der Waals surface area contributed by atoms with Crippen LogP contribution in [0.5, 0.6) is 0 Å². The fourth-order valence-electron chi connectivity index (χ4n) is 3.22. The van der Waals surface area contributed by atoms with Crippen molar-refractivity contribution in [1.82, 2.24) is 15.3 Å². The summed E-state index contributed by atoms with van der Waals surface area (Å²) in [5.41, 5.74) is 0.808. The van der Waals surface area contributed by atoms with E-state index < -0.39 is 16.7 Å². The number of hydrogen-bond donors (Lipinski definition) is 2. The van der Waals surface area contributed by atoms with Gasteiger partial charge in [-0.05, 0) is 37.3 Å². The number of hydrogen-bond acceptors (Lipinski definition) is 7. The van der Waals surface area contributed by atoms with Gasteiger partial charge in [-0.25, -0.2) is 4.98 Å². The van der Waals surface area contributed by atoms with Gasteiger partial charge in [0.15, 0.2) is 0 Å². The Hall–Kier alpha value is -3.56. The summed E-state index contributed by atoms with van der Waals surface area (Å²) in [7, 11) is 0. The van der Waals surface area contributed by atoms with Crippen molar-refractivity contribution in [3.8, 4) is 0 Å². The summed E-state index contributed by atoms with van der Waals surface area (Å²) in [6, 6.07) is 4.05. The molecule has 1 aromatic heterocycles. The number of carbonyl (C=O) groups excluding carboxylic acids is 2. The third kappa shape index (κ3) is 5.24. The first-order valence-electron chi connectivity index (χ1n) is 9.29. The molecule has 1 aliphatic rings. The molecular weight excluding hydrogens is 376 g/mol. The molecule has 29 heavy (non-hydrogen) atoms. The lowest BCUT2D eigenvalue weighted by molar-refractivity contribution is -0.384. The molecule has 1 saturated heterocycles. The standard InChI is InChI=1S/C19H22N6O4/c1-13-10-15(25(28)29)2-3-16(13)23-19(27)18(26)22-11-14-4-8-24(9-5-14)17-12-20-6-7-21-17/h2-3,6-7,10,12,14H,4-5,8-9,11H2,1H3,(H,22,26)(H,23,27). The summed E-state index contributed by atoms with van der Waals surface area (Å²) in [6.45, 7) is 3.67. The Labute approximate surface area is 167 Å². The lowest BCUT2D eigenvalue weighted by atomic mass is 9.97. The molecule has 2 N–H and O–H groups in total. The van der Waals surface area contributed by atoms with E-state index in [9.17, 15) is 19.7 Å². The fraction of sp³-hybridized carbons (Fsp3) is 0.368. The third-order valence-electron chi connectivity index (χ3n) is 4.91. The molecule has 0 bridgehead atoms. The van der Waals surface area contributed by atoms with E-state index in [2.05, 4.69) is 25.5 Å². The third-order valence-corrected chi connectivity index (χ3v) is 4.91. The zero-order valence-corrected chi connectivity index (χ0v) is 16.0. The Kier molecular flexibility index (Phi) is 6.32. The maximum Gasteiger partial charge on any atom is 0.313 e. The lowest BCUT2D eigenvalue weighted by Crippen LogP contribution is -2.42. The van der Waals surface area contributed by atoms with Crippen LogP contribution in [0.2, 0.25) is 0 Å². The Morgan fingerprint density at radius 3 is 2.62 bits per heavy atom. The number of non-ortho nitro benzene ring substituents is 1. The Balaban J connectivity index is 1.45. The number of nitrogens with zero attached hydrogens (tertiary/aromatic N) is 4. The quantitative estimate of drug-likeness (QED) is 0.445. The van der Waals surface area contributed by atoms with Gasteiger partial charge < -0.3 is 15.5 Å². The van der Waals surface area contributed by atoms with Crippen molar-refractivity contribution < 1.29 is 14.5 Å². The molecule has 3 rings (SSSR count). The minimum atomic E-state index is -0.793. The van der Waals surface area contributed by atoms with Gasteiger partial charge in [0.1, 0.15) is 5.82 Å². The second-order valence-corrected chi connectivity index (χ2v) is 6.91. The summed E-state index contributed by atoms with van der Waals surface area (Å²) >= 11 is 0. The molecule has 0 spiro atoms. The van der Waals surface area contributed by atoms with Gasteiger partial charge in [0, 0.05) is 49.8 Å². The number of anilines is 2. The zero-order chi connectivity index (χ0) is 20.8. The normalized spacial score (nSPS) is 14.3. The topological polar surface area (TPSA) is 130 Å². The number of piperidine rings is 1. The Bertz CT molecular complexity index is 897. The molecule has 0 aliphatic carbocycles. The molecule has 1 aliphatic heterocycles. The van der Waals surface area contributed by atoms with Crippen LogP contribution in [-0.4, -0.2) is 46.3 Å². The van der Waals surface area contributed by atoms with Crippen molar-refractivity contribution in [2.45, 2.75) is 19.8 Å². The molecule has 0 radical (unpaired) electrons. The second-order valence-electron chi connectivity index (χ2n) is 6.91. The summed E-state index contributed by atoms with van der Waals surface area (Å²) < 4.78 is 0. The van der Waals surface area contributed by atoms with Crippen molar-refractivity contribution in [2.75, 3.05) is 29.9 Å². The maximum atomic E-state index is 12.1. The summed E-state index contributed by atoms with van der Waals surface area (Å²) in [6.07, 6.45) is 6.77. The molecule has 10 heteroatoms. The van der Waals surface area contributed by atoms with Gasteiger partial charge in [-0.2, -0.15) is 0 Å². The van der Waals surface area contributed by atoms with E-state index in [4.69, 9.17) is 0 Å². The number of nitro groups is 1. The summed E-state index contributed by atoms with van der Waals surface area (Å²) in [4.78, 5) is 45.0. The minimum absolute atomic E-state index is 0.0715. The smallest absolute Gasteiger partial charge is 0.313 e. The van der Waals surface area contributed by atoms with Gasteiger partial charge >= 0.3 is 11.8 Å². The predicted molar refractivity (Wildman–Crippen MR) is 106 cm³/mol. The molecule has 0 unspecified atom stereocenters. The summed E-state index contributed by atoms with van der Waals surface area (Å²) in [5, 5.41) is 15.9. The number of carbonyl (C=O) groups is 2. The Morgan fingerprint density at radius 1 is 1.24 bits per heavy atom. The van der Waals surface area contributed by atoms with Gasteiger partial charge in [-0.1, -0.05) is 0 Å². The van der Waals surface area contributed by atoms with Crippen LogP contribution in [0.1, 0.15) is 18.4 Å². The highest BCUT2D eigenvalue weighted by atomic mass is 16.6. The van der Waals surface area contributed by atoms with Crippen LogP contribution in [0.15, 0.2) is 36.8 Å². The van der Waals surface area contributed by atoms with E-state index in [1.807, 2.05) is 0 Å². The number of amides is 2. The fourth-order valence-corrected chi connectivity index (χ4v) is 3.22. The van der Waals surface area contributed by atoms with Crippen molar-refractivity contribution in [3.05, 3.63) is 52.5 Å². The molecule has 1 fully saturated rings. The molecule has 1 aromatic carbocycles. The average Bonchev–Trinajstić information content (AvgIpc) is 2.74. The molecule has 2 aromatic rings. The van der Waals surface area contributed by atoms with Crippen molar-refractivity contribution in [2.24, 2.45) is 5.92 Å². The van der Waals surface area contributed by atoms with E-state index in [0.29, 0.717) is 17.8 Å². The van der Waals surface area contributed by atoms with E-state index in [-0.39, 0.29) is 11.6 Å². The van der Waals surface area contributed by atoms with Crippen molar-refractivity contribution in [1.29, 1.82) is 0 Å². The van der Waals surface area contributed by atoms with Crippen molar-refractivity contribution >= 4 is 29.0 Å². The maximum absolute atomic E-state index is 12.1. The van der Waals surface area contributed by atoms with Gasteiger partial charge in [0.05, 0.1) is 11.1 Å². The first-order chi connectivity index (χ1) is 13.9. The molecule has 10 nitrogen and oxygen atoms in total. The second kappa shape index (κ2) is 9.09. The first kappa shape index (κ1) is 20.2. The highest BCUT2D eigenvalue weighted by Gasteiger charge is 2.22. The van der Waals surface area contributed by atoms with E-state index in [0.717, 1.165) is 31.7 Å². The highest BCUT2D eigenvalue weighted by molar-refractivity contribution is 6.39. The van der Waals surface area contributed by atoms with Crippen LogP contribution in [0.4, 0.5) is 17.2 Å². The van der Waals surface area contributed by atoms with Gasteiger partial charge in [-0.3, -0.25) is 24.7 Å². The number of benzene rings is 1. The van der Waals surface area contributed by atoms with Crippen LogP contribution in [0.25, 0.3) is 0 Å². The molecule has 2 heterocycles. The molecule has 152 valence electrons. The monoisotopic (exact) mass is 398 g/mol. The molecule has 0 saturated carbocycles. The number of nitrogens with one attached hydrogen (secondary N) is 2. The number of nitro benzene ring substituents is 1. The largest absolute Gasteiger partial charge is 0.355 e. The number of aromatic nitrogens is 2. The van der Waals surface area contributed by atoms with Crippen molar-refractivity contribution in [3.63, 3.8) is 0 Å². The zero-order valence-electron chi connectivity index (χ0n) is 16.0.